The van der Waals surface area contributed by atoms with Crippen molar-refractivity contribution in [2.75, 3.05) is 39.4 Å². The highest BCUT2D eigenvalue weighted by Gasteiger charge is 2.25. The number of hydrogen-bond donors (Lipinski definition) is 1. The van der Waals surface area contributed by atoms with Crippen LogP contribution in [0, 0.1) is 0 Å². The number of nitrogens with zero attached hydrogens (tertiary/aromatic N) is 4. The van der Waals surface area contributed by atoms with Crippen molar-refractivity contribution < 1.29 is 9.47 Å². The van der Waals surface area contributed by atoms with E-state index in [1.807, 2.05) is 43.7 Å². The van der Waals surface area contributed by atoms with Gasteiger partial charge in [-0.1, -0.05) is 23.7 Å². The first-order valence-corrected chi connectivity index (χ1v) is 9.99. The van der Waals surface area contributed by atoms with E-state index >= 15 is 0 Å². The molecule has 1 unspecified atom stereocenters. The van der Waals surface area contributed by atoms with Crippen LogP contribution in [0.25, 0.3) is 0 Å². The van der Waals surface area contributed by atoms with Crippen LogP contribution in [-0.2, 0) is 23.1 Å². The Morgan fingerprint density at radius 1 is 1.39 bits per heavy atom. The Kier molecular flexibility index (Phi) is 7.71. The number of aryl methyl sites for hydroxylation is 1. The number of halogens is 1. The molecule has 1 aliphatic heterocycles. The quantitative estimate of drug-likeness (QED) is 0.436. The van der Waals surface area contributed by atoms with Crippen LogP contribution in [0.15, 0.2) is 41.7 Å². The molecule has 3 rings (SSSR count). The zero-order chi connectivity index (χ0) is 19.8. The summed E-state index contributed by atoms with van der Waals surface area (Å²) in [6, 6.07) is 7.70. The molecule has 1 atom stereocenters. The average Bonchev–Trinajstić information content (AvgIpc) is 3.15. The van der Waals surface area contributed by atoms with Gasteiger partial charge >= 0.3 is 0 Å². The van der Waals surface area contributed by atoms with E-state index in [2.05, 4.69) is 22.2 Å². The lowest BCUT2D eigenvalue weighted by molar-refractivity contribution is -0.00809. The van der Waals surface area contributed by atoms with Crippen LogP contribution in [0.3, 0.4) is 0 Å². The molecular formula is C20H28ClN5O2. The molecule has 1 aromatic heterocycles. The van der Waals surface area contributed by atoms with E-state index in [9.17, 15) is 0 Å². The molecule has 28 heavy (non-hydrogen) atoms. The number of aliphatic imine (C=N–C) groups is 1. The molecule has 1 saturated heterocycles. The van der Waals surface area contributed by atoms with Crippen LogP contribution in [0.5, 0.6) is 0 Å². The topological polar surface area (TPSA) is 63.9 Å². The van der Waals surface area contributed by atoms with Gasteiger partial charge < -0.3 is 19.7 Å². The maximum atomic E-state index is 5.92. The van der Waals surface area contributed by atoms with Crippen LogP contribution in [0.2, 0.25) is 5.02 Å². The first kappa shape index (κ1) is 20.6. The van der Waals surface area contributed by atoms with Gasteiger partial charge in [0.25, 0.3) is 0 Å². The van der Waals surface area contributed by atoms with E-state index in [1.54, 1.807) is 4.68 Å². The summed E-state index contributed by atoms with van der Waals surface area (Å²) in [6.45, 7) is 6.85. The van der Waals surface area contributed by atoms with E-state index < -0.39 is 0 Å². The molecule has 0 bridgehead atoms. The Morgan fingerprint density at radius 2 is 2.21 bits per heavy atom. The van der Waals surface area contributed by atoms with Crippen molar-refractivity contribution in [3.8, 4) is 0 Å². The predicted molar refractivity (Wildman–Crippen MR) is 111 cm³/mol. The second kappa shape index (κ2) is 10.5. The van der Waals surface area contributed by atoms with Gasteiger partial charge in [0, 0.05) is 36.9 Å². The zero-order valence-electron chi connectivity index (χ0n) is 16.5. The van der Waals surface area contributed by atoms with Gasteiger partial charge in [-0.15, -0.1) is 0 Å². The molecular weight excluding hydrogens is 378 g/mol. The van der Waals surface area contributed by atoms with Gasteiger partial charge in [0.05, 0.1) is 39.1 Å². The lowest BCUT2D eigenvalue weighted by Gasteiger charge is -2.34. The SMILES string of the molecule is CCNC(=NCCOCc1ccc(Cl)cc1)N1CCOC(c2cnn(C)c2)C1. The zero-order valence-corrected chi connectivity index (χ0v) is 17.2. The summed E-state index contributed by atoms with van der Waals surface area (Å²) >= 11 is 5.90. The van der Waals surface area contributed by atoms with E-state index in [0.717, 1.165) is 41.7 Å². The van der Waals surface area contributed by atoms with Gasteiger partial charge in [-0.2, -0.15) is 5.10 Å². The van der Waals surface area contributed by atoms with Crippen LogP contribution in [-0.4, -0.2) is 60.0 Å². The highest BCUT2D eigenvalue weighted by Crippen LogP contribution is 2.21. The molecule has 0 saturated carbocycles. The number of aromatic nitrogens is 2. The van der Waals surface area contributed by atoms with E-state index in [0.29, 0.717) is 26.4 Å². The summed E-state index contributed by atoms with van der Waals surface area (Å²) < 4.78 is 13.5. The minimum atomic E-state index is 0.00691. The number of nitrogens with one attached hydrogen (secondary N) is 1. The largest absolute Gasteiger partial charge is 0.375 e. The van der Waals surface area contributed by atoms with Crippen molar-refractivity contribution in [3.05, 3.63) is 52.8 Å². The summed E-state index contributed by atoms with van der Waals surface area (Å²) in [5.41, 5.74) is 2.20. The van der Waals surface area contributed by atoms with E-state index in [-0.39, 0.29) is 6.10 Å². The molecule has 0 radical (unpaired) electrons. The second-order valence-corrected chi connectivity index (χ2v) is 7.10. The van der Waals surface area contributed by atoms with Crippen LogP contribution in [0.1, 0.15) is 24.2 Å². The van der Waals surface area contributed by atoms with E-state index in [1.165, 1.54) is 0 Å². The summed E-state index contributed by atoms with van der Waals surface area (Å²) in [5.74, 6) is 0.898. The van der Waals surface area contributed by atoms with Crippen molar-refractivity contribution in [2.45, 2.75) is 19.6 Å². The van der Waals surface area contributed by atoms with Crippen LogP contribution in [0.4, 0.5) is 0 Å². The molecule has 1 fully saturated rings. The number of morpholine rings is 1. The molecule has 1 N–H and O–H groups in total. The number of guanidine groups is 1. The Hall–Kier alpha value is -2.09. The number of benzene rings is 1. The molecule has 152 valence electrons. The van der Waals surface area contributed by atoms with Crippen molar-refractivity contribution in [1.29, 1.82) is 0 Å². The molecule has 2 aromatic rings. The highest BCUT2D eigenvalue weighted by molar-refractivity contribution is 6.30. The molecule has 0 aliphatic carbocycles. The summed E-state index contributed by atoms with van der Waals surface area (Å²) in [7, 11) is 1.92. The molecule has 2 heterocycles. The standard InChI is InChI=1S/C20H28ClN5O2/c1-3-22-20(23-8-10-27-15-16-4-6-18(21)7-5-16)26-9-11-28-19(14-26)17-12-24-25(2)13-17/h4-7,12-13,19H,3,8-11,14-15H2,1-2H3,(H,22,23). The highest BCUT2D eigenvalue weighted by atomic mass is 35.5. The average molecular weight is 406 g/mol. The Labute approximate surface area is 171 Å². The van der Waals surface area contributed by atoms with Crippen molar-refractivity contribution >= 4 is 17.6 Å². The molecule has 1 aliphatic rings. The fourth-order valence-corrected chi connectivity index (χ4v) is 3.19. The van der Waals surface area contributed by atoms with Gasteiger partial charge in [-0.25, -0.2) is 0 Å². The van der Waals surface area contributed by atoms with Crippen LogP contribution < -0.4 is 5.32 Å². The molecule has 0 spiro atoms. The van der Waals surface area contributed by atoms with Crippen molar-refractivity contribution in [3.63, 3.8) is 0 Å². The van der Waals surface area contributed by atoms with Gasteiger partial charge in [0.15, 0.2) is 5.96 Å². The Morgan fingerprint density at radius 3 is 2.93 bits per heavy atom. The normalized spacial score (nSPS) is 17.8. The van der Waals surface area contributed by atoms with Crippen LogP contribution >= 0.6 is 11.6 Å². The summed E-state index contributed by atoms with van der Waals surface area (Å²) in [4.78, 5) is 6.96. The lowest BCUT2D eigenvalue weighted by atomic mass is 10.1. The Bertz CT molecular complexity index is 762. The van der Waals surface area contributed by atoms with Gasteiger partial charge in [0.1, 0.15) is 6.10 Å². The lowest BCUT2D eigenvalue weighted by Crippen LogP contribution is -2.48. The number of hydrogen-bond acceptors (Lipinski definition) is 4. The first-order valence-electron chi connectivity index (χ1n) is 9.61. The Balaban J connectivity index is 1.50. The fourth-order valence-electron chi connectivity index (χ4n) is 3.06. The number of rotatable bonds is 7. The smallest absolute Gasteiger partial charge is 0.194 e. The maximum Gasteiger partial charge on any atom is 0.194 e. The molecule has 0 amide bonds. The first-order chi connectivity index (χ1) is 13.7. The summed E-state index contributed by atoms with van der Waals surface area (Å²) in [6.07, 6.45) is 3.87. The number of ether oxygens (including phenoxy) is 2. The van der Waals surface area contributed by atoms with Gasteiger partial charge in [0.2, 0.25) is 0 Å². The minimum Gasteiger partial charge on any atom is -0.375 e. The monoisotopic (exact) mass is 405 g/mol. The predicted octanol–water partition coefficient (Wildman–Crippen LogP) is 2.63. The minimum absolute atomic E-state index is 0.00691. The molecule has 1 aromatic carbocycles. The molecule has 8 heteroatoms. The second-order valence-electron chi connectivity index (χ2n) is 6.67. The van der Waals surface area contributed by atoms with E-state index in [4.69, 9.17) is 26.1 Å². The van der Waals surface area contributed by atoms with Gasteiger partial charge in [-0.05, 0) is 24.6 Å². The third-order valence-corrected chi connectivity index (χ3v) is 4.73. The fraction of sp³-hybridized carbons (Fsp3) is 0.500. The third-order valence-electron chi connectivity index (χ3n) is 4.48. The molecule has 7 nitrogen and oxygen atoms in total. The third kappa shape index (κ3) is 5.95. The summed E-state index contributed by atoms with van der Waals surface area (Å²) in [5, 5.41) is 8.35. The van der Waals surface area contributed by atoms with Gasteiger partial charge in [-0.3, -0.25) is 9.67 Å². The van der Waals surface area contributed by atoms with Crippen molar-refractivity contribution in [1.82, 2.24) is 20.0 Å². The maximum absolute atomic E-state index is 5.92. The van der Waals surface area contributed by atoms with Crippen molar-refractivity contribution in [2.24, 2.45) is 12.0 Å².